The van der Waals surface area contributed by atoms with Gasteiger partial charge < -0.3 is 19.5 Å². The highest BCUT2D eigenvalue weighted by atomic mass is 16.6. The fourth-order valence-corrected chi connectivity index (χ4v) is 1.54. The Hall–Kier alpha value is -2.68. The number of alkyl carbamates (subject to hydrolysis) is 1. The standard InChI is InChI=1S/C18H23NO5/c1-18(2,3)24-17(21)19-12-6-5-7-14-8-10-15(11-9-14)23-13-16(20)22-4/h8-11H,6,12-13H2,1-4H3,(H,19,21). The topological polar surface area (TPSA) is 73.9 Å². The molecule has 0 spiro atoms. The molecule has 0 saturated carbocycles. The van der Waals surface area contributed by atoms with Crippen molar-refractivity contribution < 1.29 is 23.8 Å². The molecule has 1 aromatic carbocycles. The van der Waals surface area contributed by atoms with E-state index in [-0.39, 0.29) is 6.61 Å². The van der Waals surface area contributed by atoms with Crippen LogP contribution >= 0.6 is 0 Å². The van der Waals surface area contributed by atoms with Crippen molar-refractivity contribution >= 4 is 12.1 Å². The van der Waals surface area contributed by atoms with E-state index in [2.05, 4.69) is 21.9 Å². The molecular formula is C18H23NO5. The second-order valence-corrected chi connectivity index (χ2v) is 5.87. The number of amides is 1. The van der Waals surface area contributed by atoms with E-state index in [1.165, 1.54) is 7.11 Å². The van der Waals surface area contributed by atoms with E-state index < -0.39 is 17.7 Å². The van der Waals surface area contributed by atoms with E-state index in [1.54, 1.807) is 24.3 Å². The molecule has 0 saturated heterocycles. The largest absolute Gasteiger partial charge is 0.482 e. The Bertz CT molecular complexity index is 605. The summed E-state index contributed by atoms with van der Waals surface area (Å²) in [5, 5.41) is 2.64. The number of carbonyl (C=O) groups is 2. The van der Waals surface area contributed by atoms with Crippen LogP contribution in [0.3, 0.4) is 0 Å². The van der Waals surface area contributed by atoms with Crippen molar-refractivity contribution in [1.82, 2.24) is 5.32 Å². The fourth-order valence-electron chi connectivity index (χ4n) is 1.54. The minimum atomic E-state index is -0.507. The monoisotopic (exact) mass is 333 g/mol. The molecule has 0 radical (unpaired) electrons. The molecule has 24 heavy (non-hydrogen) atoms. The molecule has 6 nitrogen and oxygen atoms in total. The van der Waals surface area contributed by atoms with Gasteiger partial charge in [0.1, 0.15) is 11.4 Å². The SMILES string of the molecule is COC(=O)COc1ccc(C#CCCNC(=O)OC(C)(C)C)cc1. The first kappa shape index (κ1) is 19.4. The first-order valence-electron chi connectivity index (χ1n) is 7.55. The van der Waals surface area contributed by atoms with E-state index in [9.17, 15) is 9.59 Å². The van der Waals surface area contributed by atoms with Gasteiger partial charge in [0.25, 0.3) is 0 Å². The predicted octanol–water partition coefficient (Wildman–Crippen LogP) is 2.50. The van der Waals surface area contributed by atoms with Gasteiger partial charge in [0.2, 0.25) is 0 Å². The van der Waals surface area contributed by atoms with Crippen molar-refractivity contribution in [2.24, 2.45) is 0 Å². The highest BCUT2D eigenvalue weighted by Crippen LogP contribution is 2.11. The Morgan fingerprint density at radius 2 is 1.83 bits per heavy atom. The molecule has 1 N–H and O–H groups in total. The van der Waals surface area contributed by atoms with Gasteiger partial charge in [0.15, 0.2) is 6.61 Å². The maximum Gasteiger partial charge on any atom is 0.407 e. The summed E-state index contributed by atoms with van der Waals surface area (Å²) in [6.45, 7) is 5.72. The molecular weight excluding hydrogens is 310 g/mol. The zero-order chi connectivity index (χ0) is 18.0. The lowest BCUT2D eigenvalue weighted by Crippen LogP contribution is -2.32. The van der Waals surface area contributed by atoms with Gasteiger partial charge in [-0.05, 0) is 45.0 Å². The Morgan fingerprint density at radius 3 is 2.42 bits per heavy atom. The maximum absolute atomic E-state index is 11.4. The van der Waals surface area contributed by atoms with Gasteiger partial charge in [-0.15, -0.1) is 0 Å². The van der Waals surface area contributed by atoms with Gasteiger partial charge in [0, 0.05) is 18.5 Å². The van der Waals surface area contributed by atoms with Gasteiger partial charge in [-0.3, -0.25) is 0 Å². The van der Waals surface area contributed by atoms with Crippen LogP contribution < -0.4 is 10.1 Å². The molecule has 0 atom stereocenters. The molecule has 6 heteroatoms. The van der Waals surface area contributed by atoms with Crippen molar-refractivity contribution in [1.29, 1.82) is 0 Å². The summed E-state index contributed by atoms with van der Waals surface area (Å²) in [6, 6.07) is 7.04. The number of rotatable bonds is 5. The smallest absolute Gasteiger partial charge is 0.407 e. The van der Waals surface area contributed by atoms with E-state index in [4.69, 9.17) is 9.47 Å². The average molecular weight is 333 g/mol. The molecule has 0 aliphatic heterocycles. The molecule has 130 valence electrons. The summed E-state index contributed by atoms with van der Waals surface area (Å²) >= 11 is 0. The highest BCUT2D eigenvalue weighted by molar-refractivity contribution is 5.70. The number of esters is 1. The van der Waals surface area contributed by atoms with Crippen LogP contribution in [-0.2, 0) is 14.3 Å². The van der Waals surface area contributed by atoms with Crippen molar-refractivity contribution in [2.75, 3.05) is 20.3 Å². The van der Waals surface area contributed by atoms with E-state index >= 15 is 0 Å². The summed E-state index contributed by atoms with van der Waals surface area (Å²) in [5.41, 5.74) is 0.311. The van der Waals surface area contributed by atoms with Gasteiger partial charge in [-0.25, -0.2) is 9.59 Å². The Kier molecular flexibility index (Phi) is 7.63. The summed E-state index contributed by atoms with van der Waals surface area (Å²) in [5.74, 6) is 6.08. The second kappa shape index (κ2) is 9.46. The third kappa shape index (κ3) is 8.69. The molecule has 0 bridgehead atoms. The molecule has 0 aliphatic rings. The predicted molar refractivity (Wildman–Crippen MR) is 89.7 cm³/mol. The molecule has 0 heterocycles. The number of benzene rings is 1. The minimum absolute atomic E-state index is 0.127. The Balaban J connectivity index is 2.34. The lowest BCUT2D eigenvalue weighted by molar-refractivity contribution is -0.142. The van der Waals surface area contributed by atoms with Crippen LogP contribution in [0.2, 0.25) is 0 Å². The molecule has 0 fully saturated rings. The zero-order valence-corrected chi connectivity index (χ0v) is 14.5. The van der Waals surface area contributed by atoms with Crippen molar-refractivity contribution in [2.45, 2.75) is 32.8 Å². The third-order valence-corrected chi connectivity index (χ3v) is 2.59. The summed E-state index contributed by atoms with van der Waals surface area (Å²) < 4.78 is 14.8. The summed E-state index contributed by atoms with van der Waals surface area (Å²) in [4.78, 5) is 22.4. The quantitative estimate of drug-likeness (QED) is 0.509. The lowest BCUT2D eigenvalue weighted by atomic mass is 10.2. The van der Waals surface area contributed by atoms with E-state index in [0.717, 1.165) is 5.56 Å². The first-order chi connectivity index (χ1) is 11.3. The van der Waals surface area contributed by atoms with E-state index in [1.807, 2.05) is 20.8 Å². The molecule has 1 amide bonds. The molecule has 0 aromatic heterocycles. The van der Waals surface area contributed by atoms with Gasteiger partial charge >= 0.3 is 12.1 Å². The van der Waals surface area contributed by atoms with Crippen LogP contribution in [0.25, 0.3) is 0 Å². The number of hydrogen-bond donors (Lipinski definition) is 1. The van der Waals surface area contributed by atoms with Crippen LogP contribution in [0.15, 0.2) is 24.3 Å². The van der Waals surface area contributed by atoms with Gasteiger partial charge in [-0.1, -0.05) is 11.8 Å². The van der Waals surface area contributed by atoms with Gasteiger partial charge in [-0.2, -0.15) is 0 Å². The van der Waals surface area contributed by atoms with Crippen molar-refractivity contribution in [3.8, 4) is 17.6 Å². The summed E-state index contributed by atoms with van der Waals surface area (Å²) in [7, 11) is 1.31. The Labute approximate surface area is 142 Å². The van der Waals surface area contributed by atoms with Crippen LogP contribution in [0.1, 0.15) is 32.8 Å². The van der Waals surface area contributed by atoms with Crippen molar-refractivity contribution in [3.63, 3.8) is 0 Å². The number of hydrogen-bond acceptors (Lipinski definition) is 5. The minimum Gasteiger partial charge on any atom is -0.482 e. The third-order valence-electron chi connectivity index (χ3n) is 2.59. The lowest BCUT2D eigenvalue weighted by Gasteiger charge is -2.19. The fraction of sp³-hybridized carbons (Fsp3) is 0.444. The number of ether oxygens (including phenoxy) is 3. The Morgan fingerprint density at radius 1 is 1.17 bits per heavy atom. The van der Waals surface area contributed by atoms with E-state index in [0.29, 0.717) is 18.7 Å². The summed E-state index contributed by atoms with van der Waals surface area (Å²) in [6.07, 6.45) is 0.0660. The molecule has 0 unspecified atom stereocenters. The first-order valence-corrected chi connectivity index (χ1v) is 7.55. The average Bonchev–Trinajstić information content (AvgIpc) is 2.51. The zero-order valence-electron chi connectivity index (χ0n) is 14.5. The second-order valence-electron chi connectivity index (χ2n) is 5.87. The molecule has 1 rings (SSSR count). The maximum atomic E-state index is 11.4. The number of nitrogens with one attached hydrogen (secondary N) is 1. The van der Waals surface area contributed by atoms with Crippen molar-refractivity contribution in [3.05, 3.63) is 29.8 Å². The number of methoxy groups -OCH3 is 1. The van der Waals surface area contributed by atoms with Crippen LogP contribution in [-0.4, -0.2) is 37.9 Å². The molecule has 0 aliphatic carbocycles. The van der Waals surface area contributed by atoms with Gasteiger partial charge in [0.05, 0.1) is 7.11 Å². The van der Waals surface area contributed by atoms with Crippen LogP contribution in [0.4, 0.5) is 4.79 Å². The normalized spacial score (nSPS) is 10.2. The van der Waals surface area contributed by atoms with Crippen LogP contribution in [0, 0.1) is 11.8 Å². The number of carbonyl (C=O) groups excluding carboxylic acids is 2. The highest BCUT2D eigenvalue weighted by Gasteiger charge is 2.15. The molecule has 1 aromatic rings. The van der Waals surface area contributed by atoms with Crippen LogP contribution in [0.5, 0.6) is 5.75 Å².